The van der Waals surface area contributed by atoms with Gasteiger partial charge in [-0.05, 0) is 56.3 Å². The van der Waals surface area contributed by atoms with Gasteiger partial charge in [-0.15, -0.1) is 6.58 Å². The Labute approximate surface area is 129 Å². The first-order valence-electron chi connectivity index (χ1n) is 8.59. The maximum Gasteiger partial charge on any atom is 0.475 e. The molecule has 4 heteroatoms. The van der Waals surface area contributed by atoms with Gasteiger partial charge in [-0.2, -0.15) is 0 Å². The standard InChI is InChI=1S/C17H30BNO2/c1-5-6-7-8-9-15(19)18-20-14-11-12-10-13(16(12,2)3)17(14,4)21-18/h5,12-15H,1,6-11,19H2,2-4H3/t12?,13?,14?,15-,17?/m1/s1. The molecule has 1 aliphatic heterocycles. The zero-order valence-electron chi connectivity index (χ0n) is 13.8. The third-order valence-corrected chi connectivity index (χ3v) is 6.51. The molecule has 1 saturated heterocycles. The molecule has 2 bridgehead atoms. The molecule has 4 unspecified atom stereocenters. The fourth-order valence-electron chi connectivity index (χ4n) is 4.89. The molecule has 0 aromatic carbocycles. The van der Waals surface area contributed by atoms with Gasteiger partial charge in [0.15, 0.2) is 0 Å². The Balaban J connectivity index is 1.58. The lowest BCUT2D eigenvalue weighted by molar-refractivity contribution is -0.199. The van der Waals surface area contributed by atoms with E-state index in [2.05, 4.69) is 27.4 Å². The summed E-state index contributed by atoms with van der Waals surface area (Å²) < 4.78 is 12.6. The van der Waals surface area contributed by atoms with Crippen molar-refractivity contribution < 1.29 is 9.31 Å². The largest absolute Gasteiger partial charge is 0.475 e. The van der Waals surface area contributed by atoms with E-state index >= 15 is 0 Å². The lowest BCUT2D eigenvalue weighted by atomic mass is 9.43. The molecule has 4 aliphatic rings. The molecule has 3 aliphatic carbocycles. The maximum atomic E-state index is 6.39. The molecule has 3 saturated carbocycles. The molecule has 0 amide bonds. The molecule has 4 rings (SSSR count). The second kappa shape index (κ2) is 5.40. The Bertz CT molecular complexity index is 414. The first-order chi connectivity index (χ1) is 9.89. The quantitative estimate of drug-likeness (QED) is 0.464. The van der Waals surface area contributed by atoms with Crippen molar-refractivity contribution in [3.05, 3.63) is 12.7 Å². The second-order valence-corrected chi connectivity index (χ2v) is 8.07. The summed E-state index contributed by atoms with van der Waals surface area (Å²) in [7, 11) is -0.209. The van der Waals surface area contributed by atoms with Crippen LogP contribution in [0.2, 0.25) is 0 Å². The van der Waals surface area contributed by atoms with Crippen molar-refractivity contribution >= 4 is 7.12 Å². The number of allylic oxidation sites excluding steroid dienone is 1. The highest BCUT2D eigenvalue weighted by Crippen LogP contribution is 2.65. The van der Waals surface area contributed by atoms with Crippen LogP contribution in [0.15, 0.2) is 12.7 Å². The van der Waals surface area contributed by atoms with Crippen LogP contribution in [0.4, 0.5) is 0 Å². The summed E-state index contributed by atoms with van der Waals surface area (Å²) in [5.41, 5.74) is 6.60. The van der Waals surface area contributed by atoms with E-state index in [-0.39, 0.29) is 24.8 Å². The van der Waals surface area contributed by atoms with Crippen LogP contribution in [-0.4, -0.2) is 24.8 Å². The highest BCUT2D eigenvalue weighted by molar-refractivity contribution is 6.47. The minimum atomic E-state index is -0.209. The fraction of sp³-hybridized carbons (Fsp3) is 0.882. The summed E-state index contributed by atoms with van der Waals surface area (Å²) in [6.07, 6.45) is 8.97. The Kier molecular flexibility index (Phi) is 4.00. The van der Waals surface area contributed by atoms with Crippen molar-refractivity contribution in [1.29, 1.82) is 0 Å². The topological polar surface area (TPSA) is 44.5 Å². The first kappa shape index (κ1) is 15.6. The summed E-state index contributed by atoms with van der Waals surface area (Å²) in [6, 6.07) is 0. The van der Waals surface area contributed by atoms with Gasteiger partial charge < -0.3 is 15.0 Å². The van der Waals surface area contributed by atoms with Crippen molar-refractivity contribution in [2.24, 2.45) is 23.0 Å². The normalized spacial score (nSPS) is 41.3. The van der Waals surface area contributed by atoms with E-state index in [4.69, 9.17) is 15.0 Å². The van der Waals surface area contributed by atoms with Gasteiger partial charge in [0.25, 0.3) is 0 Å². The molecule has 0 aromatic heterocycles. The molecular weight excluding hydrogens is 261 g/mol. The van der Waals surface area contributed by atoms with Gasteiger partial charge >= 0.3 is 7.12 Å². The van der Waals surface area contributed by atoms with Crippen LogP contribution < -0.4 is 5.73 Å². The SMILES string of the molecule is C=CCCCC[C@@H](N)B1OC2CC3CC(C3(C)C)C2(C)O1. The summed E-state index contributed by atoms with van der Waals surface area (Å²) in [5, 5.41) is 0. The molecule has 21 heavy (non-hydrogen) atoms. The highest BCUT2D eigenvalue weighted by atomic mass is 16.7. The molecule has 0 spiro atoms. The van der Waals surface area contributed by atoms with Gasteiger partial charge in [0.1, 0.15) is 0 Å². The summed E-state index contributed by atoms with van der Waals surface area (Å²) in [5.74, 6) is 1.41. The maximum absolute atomic E-state index is 6.39. The molecule has 0 aromatic rings. The van der Waals surface area contributed by atoms with Crippen molar-refractivity contribution in [3.8, 4) is 0 Å². The van der Waals surface area contributed by atoms with Crippen LogP contribution >= 0.6 is 0 Å². The van der Waals surface area contributed by atoms with E-state index < -0.39 is 0 Å². The molecule has 5 atom stereocenters. The third-order valence-electron chi connectivity index (χ3n) is 6.51. The van der Waals surface area contributed by atoms with E-state index in [1.54, 1.807) is 0 Å². The molecule has 4 fully saturated rings. The van der Waals surface area contributed by atoms with Crippen LogP contribution in [0.3, 0.4) is 0 Å². The Morgan fingerprint density at radius 2 is 2.10 bits per heavy atom. The third kappa shape index (κ3) is 2.40. The van der Waals surface area contributed by atoms with Crippen LogP contribution in [0, 0.1) is 17.3 Å². The average molecular weight is 291 g/mol. The minimum absolute atomic E-state index is 0.00227. The van der Waals surface area contributed by atoms with Crippen LogP contribution in [0.5, 0.6) is 0 Å². The average Bonchev–Trinajstić information content (AvgIpc) is 2.80. The van der Waals surface area contributed by atoms with Crippen LogP contribution in [0.25, 0.3) is 0 Å². The first-order valence-corrected chi connectivity index (χ1v) is 8.59. The fourth-order valence-corrected chi connectivity index (χ4v) is 4.89. The van der Waals surface area contributed by atoms with Crippen molar-refractivity contribution in [3.63, 3.8) is 0 Å². The van der Waals surface area contributed by atoms with Gasteiger partial charge in [0.2, 0.25) is 0 Å². The summed E-state index contributed by atoms with van der Waals surface area (Å²) >= 11 is 0. The molecule has 3 nitrogen and oxygen atoms in total. The number of hydrogen-bond donors (Lipinski definition) is 1. The highest BCUT2D eigenvalue weighted by Gasteiger charge is 2.68. The molecular formula is C17H30BNO2. The van der Waals surface area contributed by atoms with Gasteiger partial charge in [-0.25, -0.2) is 0 Å². The van der Waals surface area contributed by atoms with Crippen LogP contribution in [0.1, 0.15) is 59.3 Å². The summed E-state index contributed by atoms with van der Waals surface area (Å²) in [4.78, 5) is 0. The molecule has 1 heterocycles. The van der Waals surface area contributed by atoms with Crippen molar-refractivity contribution in [1.82, 2.24) is 0 Å². The predicted molar refractivity (Wildman–Crippen MR) is 86.8 cm³/mol. The Morgan fingerprint density at radius 1 is 1.33 bits per heavy atom. The van der Waals surface area contributed by atoms with Gasteiger partial charge in [0, 0.05) is 5.94 Å². The molecule has 2 N–H and O–H groups in total. The second-order valence-electron chi connectivity index (χ2n) is 8.07. The van der Waals surface area contributed by atoms with Crippen molar-refractivity contribution in [2.45, 2.75) is 76.9 Å². The van der Waals surface area contributed by atoms with Gasteiger partial charge in [-0.1, -0.05) is 26.3 Å². The Hall–Kier alpha value is -0.315. The van der Waals surface area contributed by atoms with Crippen LogP contribution in [-0.2, 0) is 9.31 Å². The number of rotatable bonds is 6. The Morgan fingerprint density at radius 3 is 2.76 bits per heavy atom. The summed E-state index contributed by atoms with van der Waals surface area (Å²) in [6.45, 7) is 10.8. The molecule has 118 valence electrons. The number of nitrogens with two attached hydrogens (primary N) is 1. The van der Waals surface area contributed by atoms with E-state index in [1.165, 1.54) is 6.42 Å². The zero-order valence-corrected chi connectivity index (χ0v) is 13.8. The minimum Gasteiger partial charge on any atom is -0.404 e. The molecule has 0 radical (unpaired) electrons. The van der Waals surface area contributed by atoms with E-state index in [1.807, 2.05) is 6.08 Å². The smallest absolute Gasteiger partial charge is 0.404 e. The zero-order chi connectivity index (χ0) is 15.3. The van der Waals surface area contributed by atoms with Crippen molar-refractivity contribution in [2.75, 3.05) is 0 Å². The number of hydrogen-bond acceptors (Lipinski definition) is 3. The lowest BCUT2D eigenvalue weighted by Crippen LogP contribution is -2.65. The lowest BCUT2D eigenvalue weighted by Gasteiger charge is -2.64. The van der Waals surface area contributed by atoms with E-state index in [0.29, 0.717) is 11.3 Å². The monoisotopic (exact) mass is 291 g/mol. The predicted octanol–water partition coefficient (Wildman–Crippen LogP) is 3.33. The van der Waals surface area contributed by atoms with E-state index in [9.17, 15) is 0 Å². The van der Waals surface area contributed by atoms with E-state index in [0.717, 1.165) is 38.0 Å². The van der Waals surface area contributed by atoms with Gasteiger partial charge in [-0.3, -0.25) is 0 Å². The number of unbranched alkanes of at least 4 members (excludes halogenated alkanes) is 2. The van der Waals surface area contributed by atoms with Gasteiger partial charge in [0.05, 0.1) is 11.7 Å².